The van der Waals surface area contributed by atoms with Gasteiger partial charge in [0.05, 0.1) is 18.8 Å². The summed E-state index contributed by atoms with van der Waals surface area (Å²) in [6.07, 6.45) is 1.85. The quantitative estimate of drug-likeness (QED) is 0.836. The van der Waals surface area contributed by atoms with Crippen LogP contribution in [0.25, 0.3) is 0 Å². The average molecular weight is 279 g/mol. The summed E-state index contributed by atoms with van der Waals surface area (Å²) in [4.78, 5) is 6.71. The molecule has 6 nitrogen and oxygen atoms in total. The standard InChI is InChI=1S/C12H17N5OS/c1-16-12-9(8-18-2)5-17(6-10(12)14-15-16)7-11-13-3-4-19-11/h3-4,9H,5-8H2,1-2H3. The monoisotopic (exact) mass is 279 g/mol. The van der Waals surface area contributed by atoms with E-state index in [0.29, 0.717) is 12.5 Å². The van der Waals surface area contributed by atoms with Crippen molar-refractivity contribution < 1.29 is 4.74 Å². The van der Waals surface area contributed by atoms with E-state index in [9.17, 15) is 0 Å². The van der Waals surface area contributed by atoms with Crippen molar-refractivity contribution in [1.29, 1.82) is 0 Å². The molecular weight excluding hydrogens is 262 g/mol. The van der Waals surface area contributed by atoms with Crippen molar-refractivity contribution in [3.8, 4) is 0 Å². The molecule has 2 aromatic heterocycles. The summed E-state index contributed by atoms with van der Waals surface area (Å²) < 4.78 is 7.21. The lowest BCUT2D eigenvalue weighted by atomic mass is 9.99. The second-order valence-electron chi connectivity index (χ2n) is 4.79. The number of rotatable bonds is 4. The Bertz CT molecular complexity index is 538. The number of nitrogens with zero attached hydrogens (tertiary/aromatic N) is 5. The van der Waals surface area contributed by atoms with Crippen molar-refractivity contribution in [2.75, 3.05) is 20.3 Å². The van der Waals surface area contributed by atoms with E-state index >= 15 is 0 Å². The molecule has 0 N–H and O–H groups in total. The molecule has 1 atom stereocenters. The van der Waals surface area contributed by atoms with Crippen molar-refractivity contribution in [3.05, 3.63) is 28.0 Å². The number of ether oxygens (including phenoxy) is 1. The largest absolute Gasteiger partial charge is 0.384 e. The minimum Gasteiger partial charge on any atom is -0.384 e. The zero-order chi connectivity index (χ0) is 13.2. The number of aryl methyl sites for hydroxylation is 1. The first kappa shape index (κ1) is 12.7. The highest BCUT2D eigenvalue weighted by Crippen LogP contribution is 2.27. The summed E-state index contributed by atoms with van der Waals surface area (Å²) >= 11 is 1.69. The molecule has 1 aliphatic rings. The van der Waals surface area contributed by atoms with Gasteiger partial charge in [-0.15, -0.1) is 16.4 Å². The maximum atomic E-state index is 5.34. The number of methoxy groups -OCH3 is 1. The molecule has 2 aromatic rings. The lowest BCUT2D eigenvalue weighted by Crippen LogP contribution is -2.35. The van der Waals surface area contributed by atoms with Gasteiger partial charge >= 0.3 is 0 Å². The van der Waals surface area contributed by atoms with Crippen molar-refractivity contribution in [2.45, 2.75) is 19.0 Å². The van der Waals surface area contributed by atoms with Gasteiger partial charge in [-0.2, -0.15) is 0 Å². The number of hydrogen-bond acceptors (Lipinski definition) is 6. The topological polar surface area (TPSA) is 56.1 Å². The van der Waals surface area contributed by atoms with Crippen LogP contribution in [0.15, 0.2) is 11.6 Å². The predicted octanol–water partition coefficient (Wildman–Crippen LogP) is 1.02. The van der Waals surface area contributed by atoms with Crippen LogP contribution in [0.1, 0.15) is 22.3 Å². The molecule has 1 aliphatic heterocycles. The van der Waals surface area contributed by atoms with E-state index in [-0.39, 0.29) is 0 Å². The first-order chi connectivity index (χ1) is 9.28. The lowest BCUT2D eigenvalue weighted by Gasteiger charge is -2.31. The van der Waals surface area contributed by atoms with Crippen molar-refractivity contribution >= 4 is 11.3 Å². The van der Waals surface area contributed by atoms with Crippen LogP contribution in [0.4, 0.5) is 0 Å². The molecule has 3 rings (SSSR count). The third-order valence-electron chi connectivity index (χ3n) is 3.39. The lowest BCUT2D eigenvalue weighted by molar-refractivity contribution is 0.132. The molecule has 0 spiro atoms. The normalized spacial score (nSPS) is 19.6. The zero-order valence-electron chi connectivity index (χ0n) is 11.1. The van der Waals surface area contributed by atoms with Crippen molar-refractivity contribution in [1.82, 2.24) is 24.9 Å². The molecule has 1 unspecified atom stereocenters. The molecular formula is C12H17N5OS. The summed E-state index contributed by atoms with van der Waals surface area (Å²) in [5, 5.41) is 11.6. The van der Waals surface area contributed by atoms with E-state index in [4.69, 9.17) is 4.74 Å². The van der Waals surface area contributed by atoms with E-state index in [1.807, 2.05) is 23.3 Å². The molecule has 0 saturated carbocycles. The van der Waals surface area contributed by atoms with Gasteiger partial charge in [0.15, 0.2) is 0 Å². The molecule has 0 saturated heterocycles. The Morgan fingerprint density at radius 3 is 3.16 bits per heavy atom. The Labute approximate surface area is 116 Å². The van der Waals surface area contributed by atoms with Gasteiger partial charge < -0.3 is 4.74 Å². The SMILES string of the molecule is COCC1CN(Cc2nccs2)Cc2nnn(C)c21. The summed E-state index contributed by atoms with van der Waals surface area (Å²) in [5.74, 6) is 0.328. The third kappa shape index (κ3) is 2.54. The van der Waals surface area contributed by atoms with Crippen LogP contribution in [0.2, 0.25) is 0 Å². The second-order valence-corrected chi connectivity index (χ2v) is 5.77. The van der Waals surface area contributed by atoms with Crippen molar-refractivity contribution in [3.63, 3.8) is 0 Å². The number of thiazole rings is 1. The van der Waals surface area contributed by atoms with Gasteiger partial charge in [-0.3, -0.25) is 9.58 Å². The molecule has 3 heterocycles. The Kier molecular flexibility index (Phi) is 3.58. The number of aromatic nitrogens is 4. The fourth-order valence-electron chi connectivity index (χ4n) is 2.67. The van der Waals surface area contributed by atoms with Crippen LogP contribution in [0.5, 0.6) is 0 Å². The summed E-state index contributed by atoms with van der Waals surface area (Å²) in [7, 11) is 3.69. The van der Waals surface area contributed by atoms with Crippen molar-refractivity contribution in [2.24, 2.45) is 7.05 Å². The van der Waals surface area contributed by atoms with Gasteiger partial charge in [-0.05, 0) is 0 Å². The maximum absolute atomic E-state index is 5.34. The second kappa shape index (κ2) is 5.36. The molecule has 0 amide bonds. The Morgan fingerprint density at radius 1 is 1.53 bits per heavy atom. The van der Waals surface area contributed by atoms with E-state index in [1.54, 1.807) is 18.4 Å². The average Bonchev–Trinajstić information content (AvgIpc) is 3.00. The van der Waals surface area contributed by atoms with Crippen LogP contribution in [-0.2, 0) is 24.9 Å². The molecule has 19 heavy (non-hydrogen) atoms. The summed E-state index contributed by atoms with van der Waals surface area (Å²) in [6, 6.07) is 0. The van der Waals surface area contributed by atoms with Crippen LogP contribution < -0.4 is 0 Å². The molecule has 7 heteroatoms. The minimum absolute atomic E-state index is 0.328. The summed E-state index contributed by atoms with van der Waals surface area (Å²) in [6.45, 7) is 3.36. The van der Waals surface area contributed by atoms with Gasteiger partial charge in [0.25, 0.3) is 0 Å². The van der Waals surface area contributed by atoms with E-state index in [1.165, 1.54) is 5.69 Å². The van der Waals surface area contributed by atoms with Crippen LogP contribution >= 0.6 is 11.3 Å². The highest BCUT2D eigenvalue weighted by atomic mass is 32.1. The molecule has 102 valence electrons. The molecule has 0 aromatic carbocycles. The highest BCUT2D eigenvalue weighted by Gasteiger charge is 2.30. The van der Waals surface area contributed by atoms with Gasteiger partial charge in [0.2, 0.25) is 0 Å². The fraction of sp³-hybridized carbons (Fsp3) is 0.583. The Morgan fingerprint density at radius 2 is 2.42 bits per heavy atom. The minimum atomic E-state index is 0.328. The fourth-order valence-corrected chi connectivity index (χ4v) is 3.33. The van der Waals surface area contributed by atoms with Crippen LogP contribution in [0.3, 0.4) is 0 Å². The van der Waals surface area contributed by atoms with E-state index < -0.39 is 0 Å². The first-order valence-electron chi connectivity index (χ1n) is 6.26. The smallest absolute Gasteiger partial charge is 0.107 e. The Hall–Kier alpha value is -1.31. The molecule has 0 aliphatic carbocycles. The first-order valence-corrected chi connectivity index (χ1v) is 7.14. The van der Waals surface area contributed by atoms with Gasteiger partial charge in [0, 0.05) is 44.7 Å². The van der Waals surface area contributed by atoms with Gasteiger partial charge in [-0.1, -0.05) is 5.21 Å². The Balaban J connectivity index is 1.80. The van der Waals surface area contributed by atoms with E-state index in [2.05, 4.69) is 20.2 Å². The zero-order valence-corrected chi connectivity index (χ0v) is 11.9. The highest BCUT2D eigenvalue weighted by molar-refractivity contribution is 7.09. The molecule has 0 fully saturated rings. The number of hydrogen-bond donors (Lipinski definition) is 0. The molecule has 0 radical (unpaired) electrons. The maximum Gasteiger partial charge on any atom is 0.107 e. The summed E-state index contributed by atoms with van der Waals surface area (Å²) in [5.41, 5.74) is 2.27. The van der Waals surface area contributed by atoms with Crippen LogP contribution in [-0.4, -0.2) is 45.1 Å². The van der Waals surface area contributed by atoms with Gasteiger partial charge in [-0.25, -0.2) is 4.98 Å². The predicted molar refractivity (Wildman–Crippen MR) is 71.8 cm³/mol. The van der Waals surface area contributed by atoms with Crippen LogP contribution in [0, 0.1) is 0 Å². The van der Waals surface area contributed by atoms with E-state index in [0.717, 1.165) is 30.3 Å². The third-order valence-corrected chi connectivity index (χ3v) is 4.16. The van der Waals surface area contributed by atoms with Gasteiger partial charge in [0.1, 0.15) is 10.7 Å². The number of fused-ring (bicyclic) bond motifs is 1. The molecule has 0 bridgehead atoms.